The van der Waals surface area contributed by atoms with Crippen LogP contribution in [0.15, 0.2) is 60.9 Å². The SMILES string of the molecule is CCOc1ccc(NC(=S)N2[C@@H](c3ccccc3)c3nc[nH]c3C[C@@H]2C(=O)O)cc1. The number of nitrogens with zero attached hydrogens (tertiary/aromatic N) is 2. The van der Waals surface area contributed by atoms with Crippen molar-refractivity contribution in [1.82, 2.24) is 14.9 Å². The molecule has 0 amide bonds. The van der Waals surface area contributed by atoms with Gasteiger partial charge in [0, 0.05) is 17.8 Å². The molecule has 154 valence electrons. The summed E-state index contributed by atoms with van der Waals surface area (Å²) in [5.41, 5.74) is 3.28. The van der Waals surface area contributed by atoms with E-state index in [2.05, 4.69) is 15.3 Å². The van der Waals surface area contributed by atoms with E-state index in [4.69, 9.17) is 17.0 Å². The zero-order valence-corrected chi connectivity index (χ0v) is 17.2. The average Bonchev–Trinajstić information content (AvgIpc) is 3.23. The fourth-order valence-electron chi connectivity index (χ4n) is 3.74. The van der Waals surface area contributed by atoms with E-state index in [1.165, 1.54) is 0 Å². The molecule has 8 heteroatoms. The first kappa shape index (κ1) is 19.9. The van der Waals surface area contributed by atoms with Crippen molar-refractivity contribution in [1.29, 1.82) is 0 Å². The topological polar surface area (TPSA) is 90.5 Å². The molecule has 4 rings (SSSR count). The minimum absolute atomic E-state index is 0.291. The van der Waals surface area contributed by atoms with Gasteiger partial charge in [-0.15, -0.1) is 0 Å². The van der Waals surface area contributed by atoms with Crippen molar-refractivity contribution in [3.05, 3.63) is 77.9 Å². The number of aromatic amines is 1. The number of aliphatic carboxylic acids is 1. The van der Waals surface area contributed by atoms with Gasteiger partial charge in [-0.2, -0.15) is 0 Å². The summed E-state index contributed by atoms with van der Waals surface area (Å²) in [6.07, 6.45) is 1.89. The molecule has 1 aliphatic rings. The summed E-state index contributed by atoms with van der Waals surface area (Å²) in [4.78, 5) is 21.5. The summed E-state index contributed by atoms with van der Waals surface area (Å²) < 4.78 is 5.48. The lowest BCUT2D eigenvalue weighted by atomic mass is 9.91. The van der Waals surface area contributed by atoms with Gasteiger partial charge in [0.15, 0.2) is 5.11 Å². The third-order valence-corrected chi connectivity index (χ3v) is 5.39. The fraction of sp³-hybridized carbons (Fsp3) is 0.227. The summed E-state index contributed by atoms with van der Waals surface area (Å²) in [6.45, 7) is 2.51. The molecule has 3 aromatic rings. The molecule has 7 nitrogen and oxygen atoms in total. The maximum absolute atomic E-state index is 12.2. The highest BCUT2D eigenvalue weighted by Crippen LogP contribution is 2.37. The summed E-state index contributed by atoms with van der Waals surface area (Å²) >= 11 is 5.70. The number of imidazole rings is 1. The van der Waals surface area contributed by atoms with Crippen LogP contribution in [0.4, 0.5) is 5.69 Å². The molecule has 3 N–H and O–H groups in total. The van der Waals surface area contributed by atoms with E-state index in [0.717, 1.165) is 28.4 Å². The predicted molar refractivity (Wildman–Crippen MR) is 118 cm³/mol. The predicted octanol–water partition coefficient (Wildman–Crippen LogP) is 3.61. The minimum Gasteiger partial charge on any atom is -0.494 e. The van der Waals surface area contributed by atoms with Crippen LogP contribution in [0.25, 0.3) is 0 Å². The Morgan fingerprint density at radius 1 is 1.27 bits per heavy atom. The lowest BCUT2D eigenvalue weighted by Gasteiger charge is -2.41. The number of fused-ring (bicyclic) bond motifs is 1. The number of hydrogen-bond donors (Lipinski definition) is 3. The van der Waals surface area contributed by atoms with Crippen LogP contribution >= 0.6 is 12.2 Å². The fourth-order valence-corrected chi connectivity index (χ4v) is 4.09. The third-order valence-electron chi connectivity index (χ3n) is 5.07. The van der Waals surface area contributed by atoms with E-state index < -0.39 is 18.1 Å². The van der Waals surface area contributed by atoms with Crippen LogP contribution in [-0.2, 0) is 11.2 Å². The van der Waals surface area contributed by atoms with Crippen molar-refractivity contribution in [3.8, 4) is 5.75 Å². The highest BCUT2D eigenvalue weighted by atomic mass is 32.1. The second-order valence-corrected chi connectivity index (χ2v) is 7.32. The highest BCUT2D eigenvalue weighted by Gasteiger charge is 2.42. The maximum atomic E-state index is 12.2. The van der Waals surface area contributed by atoms with E-state index in [0.29, 0.717) is 18.1 Å². The van der Waals surface area contributed by atoms with Crippen molar-refractivity contribution >= 4 is 29.0 Å². The number of ether oxygens (including phenoxy) is 1. The third kappa shape index (κ3) is 3.86. The summed E-state index contributed by atoms with van der Waals surface area (Å²) in [6, 6.07) is 15.9. The van der Waals surface area contributed by atoms with Gasteiger partial charge in [0.25, 0.3) is 0 Å². The first-order chi connectivity index (χ1) is 14.6. The van der Waals surface area contributed by atoms with Crippen molar-refractivity contribution in [2.75, 3.05) is 11.9 Å². The maximum Gasteiger partial charge on any atom is 0.326 e. The summed E-state index contributed by atoms with van der Waals surface area (Å²) in [5.74, 6) is -0.175. The largest absolute Gasteiger partial charge is 0.494 e. The standard InChI is InChI=1S/C22H22N4O3S/c1-2-29-16-10-8-15(9-11-16)25-22(30)26-18(21(27)28)12-17-19(24-13-23-17)20(26)14-6-4-3-5-7-14/h3-11,13,18,20H,2,12H2,1H3,(H,23,24)(H,25,30)(H,27,28)/t18-,20+/m1/s1. The molecule has 2 atom stereocenters. The van der Waals surface area contributed by atoms with Crippen LogP contribution in [-0.4, -0.2) is 43.7 Å². The lowest BCUT2D eigenvalue weighted by molar-refractivity contribution is -0.142. The number of carboxylic acid groups (broad SMARTS) is 1. The van der Waals surface area contributed by atoms with Gasteiger partial charge in [-0.1, -0.05) is 30.3 Å². The lowest BCUT2D eigenvalue weighted by Crippen LogP contribution is -2.53. The number of rotatable bonds is 5. The highest BCUT2D eigenvalue weighted by molar-refractivity contribution is 7.80. The number of anilines is 1. The summed E-state index contributed by atoms with van der Waals surface area (Å²) in [7, 11) is 0. The van der Waals surface area contributed by atoms with Crippen LogP contribution in [0, 0.1) is 0 Å². The Morgan fingerprint density at radius 2 is 2.00 bits per heavy atom. The molecule has 0 radical (unpaired) electrons. The van der Waals surface area contributed by atoms with Crippen LogP contribution < -0.4 is 10.1 Å². The van der Waals surface area contributed by atoms with E-state index in [1.54, 1.807) is 11.2 Å². The Labute approximate surface area is 179 Å². The molecule has 2 aromatic carbocycles. The Hall–Kier alpha value is -3.39. The van der Waals surface area contributed by atoms with Crippen molar-refractivity contribution in [3.63, 3.8) is 0 Å². The minimum atomic E-state index is -0.938. The molecular weight excluding hydrogens is 400 g/mol. The van der Waals surface area contributed by atoms with Crippen LogP contribution in [0.1, 0.15) is 29.9 Å². The number of carbonyl (C=O) groups is 1. The van der Waals surface area contributed by atoms with Gasteiger partial charge in [0.1, 0.15) is 17.8 Å². The van der Waals surface area contributed by atoms with Gasteiger partial charge in [0.2, 0.25) is 0 Å². The molecule has 30 heavy (non-hydrogen) atoms. The molecule has 1 aliphatic heterocycles. The van der Waals surface area contributed by atoms with Crippen molar-refractivity contribution in [2.24, 2.45) is 0 Å². The van der Waals surface area contributed by atoms with Gasteiger partial charge in [-0.3, -0.25) is 0 Å². The number of carboxylic acids is 1. The van der Waals surface area contributed by atoms with Crippen LogP contribution in [0.2, 0.25) is 0 Å². The van der Waals surface area contributed by atoms with Gasteiger partial charge >= 0.3 is 5.97 Å². The van der Waals surface area contributed by atoms with Crippen LogP contribution in [0.5, 0.6) is 5.75 Å². The second-order valence-electron chi connectivity index (χ2n) is 6.93. The van der Waals surface area contributed by atoms with E-state index in [9.17, 15) is 9.90 Å². The monoisotopic (exact) mass is 422 g/mol. The first-order valence-electron chi connectivity index (χ1n) is 9.70. The van der Waals surface area contributed by atoms with Crippen molar-refractivity contribution < 1.29 is 14.6 Å². The Morgan fingerprint density at radius 3 is 2.67 bits per heavy atom. The van der Waals surface area contributed by atoms with E-state index in [-0.39, 0.29) is 0 Å². The molecule has 2 heterocycles. The molecule has 0 fully saturated rings. The zero-order valence-electron chi connectivity index (χ0n) is 16.4. The van der Waals surface area contributed by atoms with Gasteiger partial charge in [-0.25, -0.2) is 9.78 Å². The molecule has 0 saturated carbocycles. The number of H-pyrrole nitrogens is 1. The quantitative estimate of drug-likeness (QED) is 0.541. The van der Waals surface area contributed by atoms with Gasteiger partial charge < -0.3 is 25.0 Å². The molecule has 0 saturated heterocycles. The number of thiocarbonyl (C=S) groups is 1. The average molecular weight is 423 g/mol. The number of nitrogens with one attached hydrogen (secondary N) is 2. The Bertz CT molecular complexity index is 1040. The zero-order chi connectivity index (χ0) is 21.1. The van der Waals surface area contributed by atoms with Gasteiger partial charge in [0.05, 0.1) is 18.6 Å². The summed E-state index contributed by atoms with van der Waals surface area (Å²) in [5, 5.41) is 13.5. The molecule has 0 aliphatic carbocycles. The normalized spacial score (nSPS) is 17.8. The van der Waals surface area contributed by atoms with E-state index in [1.807, 2.05) is 61.5 Å². The first-order valence-corrected chi connectivity index (χ1v) is 10.1. The van der Waals surface area contributed by atoms with Crippen molar-refractivity contribution in [2.45, 2.75) is 25.4 Å². The van der Waals surface area contributed by atoms with Gasteiger partial charge in [-0.05, 0) is 49.0 Å². The number of benzene rings is 2. The molecule has 0 unspecified atom stereocenters. The Balaban J connectivity index is 1.69. The molecule has 1 aromatic heterocycles. The molecule has 0 spiro atoms. The Kier molecular flexibility index (Phi) is 5.67. The van der Waals surface area contributed by atoms with Crippen LogP contribution in [0.3, 0.4) is 0 Å². The number of hydrogen-bond acceptors (Lipinski definition) is 4. The smallest absolute Gasteiger partial charge is 0.326 e. The number of aromatic nitrogens is 2. The van der Waals surface area contributed by atoms with E-state index >= 15 is 0 Å². The second kappa shape index (κ2) is 8.54. The molecular formula is C22H22N4O3S. The molecule has 0 bridgehead atoms.